The third-order valence-corrected chi connectivity index (χ3v) is 3.46. The van der Waals surface area contributed by atoms with Crippen LogP contribution in [0.15, 0.2) is 12.3 Å². The maximum atomic E-state index is 11.2. The molecule has 7 heteroatoms. The second-order valence-electron chi connectivity index (χ2n) is 3.45. The molecule has 1 rings (SSSR count). The Hall–Kier alpha value is -1.50. The number of hydrogen-bond donors (Lipinski definition) is 1. The highest BCUT2D eigenvalue weighted by molar-refractivity contribution is 7.84. The third-order valence-electron chi connectivity index (χ3n) is 2.16. The van der Waals surface area contributed by atoms with Crippen molar-refractivity contribution in [2.75, 3.05) is 25.2 Å². The summed E-state index contributed by atoms with van der Waals surface area (Å²) in [5, 5.41) is 3.00. The summed E-state index contributed by atoms with van der Waals surface area (Å²) in [5.41, 5.74) is 0. The zero-order chi connectivity index (χ0) is 12.8. The fourth-order valence-electron chi connectivity index (χ4n) is 1.01. The molecule has 0 aliphatic carbocycles. The Balaban J connectivity index is 2.66. The maximum Gasteiger partial charge on any atom is 0.376 e. The Morgan fingerprint density at radius 1 is 1.65 bits per heavy atom. The highest BCUT2D eigenvalue weighted by Crippen LogP contribution is 2.04. The van der Waals surface area contributed by atoms with E-state index < -0.39 is 16.8 Å². The molecule has 1 aromatic rings. The Labute approximate surface area is 102 Å². The van der Waals surface area contributed by atoms with Crippen LogP contribution in [-0.4, -0.2) is 45.3 Å². The second-order valence-corrected chi connectivity index (χ2v) is 5.25. The molecular formula is C10H15N3O3S. The van der Waals surface area contributed by atoms with Crippen molar-refractivity contribution >= 4 is 22.6 Å². The van der Waals surface area contributed by atoms with Crippen molar-refractivity contribution in [1.82, 2.24) is 9.97 Å². The minimum absolute atomic E-state index is 0.00257. The zero-order valence-corrected chi connectivity index (χ0v) is 10.8. The van der Waals surface area contributed by atoms with Crippen LogP contribution in [0.25, 0.3) is 0 Å². The summed E-state index contributed by atoms with van der Waals surface area (Å²) in [4.78, 5) is 19.0. The molecule has 17 heavy (non-hydrogen) atoms. The van der Waals surface area contributed by atoms with Crippen LogP contribution < -0.4 is 5.32 Å². The Morgan fingerprint density at radius 2 is 2.35 bits per heavy atom. The molecule has 1 N–H and O–H groups in total. The Bertz CT molecular complexity index is 425. The summed E-state index contributed by atoms with van der Waals surface area (Å²) >= 11 is 0. The highest BCUT2D eigenvalue weighted by atomic mass is 32.2. The Kier molecular flexibility index (Phi) is 5.02. The van der Waals surface area contributed by atoms with Crippen LogP contribution in [0.3, 0.4) is 0 Å². The number of anilines is 1. The summed E-state index contributed by atoms with van der Waals surface area (Å²) in [5.74, 6) is -0.0683. The molecule has 0 fully saturated rings. The van der Waals surface area contributed by atoms with Gasteiger partial charge in [-0.3, -0.25) is 4.21 Å². The van der Waals surface area contributed by atoms with Gasteiger partial charge in [0.05, 0.1) is 7.11 Å². The molecule has 0 aliphatic rings. The topological polar surface area (TPSA) is 81.2 Å². The molecule has 0 saturated carbocycles. The van der Waals surface area contributed by atoms with Gasteiger partial charge in [-0.25, -0.2) is 14.8 Å². The van der Waals surface area contributed by atoms with Crippen LogP contribution in [0.2, 0.25) is 0 Å². The monoisotopic (exact) mass is 257 g/mol. The lowest BCUT2D eigenvalue weighted by Gasteiger charge is -2.10. The number of aromatic nitrogens is 2. The number of esters is 1. The number of hydrogen-bond acceptors (Lipinski definition) is 6. The lowest BCUT2D eigenvalue weighted by Crippen LogP contribution is -2.21. The molecule has 0 spiro atoms. The summed E-state index contributed by atoms with van der Waals surface area (Å²) < 4.78 is 15.7. The van der Waals surface area contributed by atoms with Gasteiger partial charge in [0, 0.05) is 35.0 Å². The number of nitrogens with zero attached hydrogens (tertiary/aromatic N) is 2. The minimum atomic E-state index is -0.897. The fourth-order valence-corrected chi connectivity index (χ4v) is 1.33. The van der Waals surface area contributed by atoms with E-state index in [2.05, 4.69) is 20.0 Å². The van der Waals surface area contributed by atoms with Crippen LogP contribution in [-0.2, 0) is 15.5 Å². The molecule has 0 amide bonds. The SMILES string of the molecule is COC(=O)c1nccc(NCC(C)S(C)=O)n1. The number of methoxy groups -OCH3 is 1. The molecule has 0 bridgehead atoms. The highest BCUT2D eigenvalue weighted by Gasteiger charge is 2.10. The van der Waals surface area contributed by atoms with E-state index in [1.165, 1.54) is 13.3 Å². The van der Waals surface area contributed by atoms with E-state index in [4.69, 9.17) is 0 Å². The molecule has 0 aromatic carbocycles. The summed E-state index contributed by atoms with van der Waals surface area (Å²) in [6.07, 6.45) is 3.11. The predicted molar refractivity (Wildman–Crippen MR) is 65.4 cm³/mol. The van der Waals surface area contributed by atoms with E-state index in [1.807, 2.05) is 6.92 Å². The number of rotatable bonds is 5. The van der Waals surface area contributed by atoms with Crippen LogP contribution in [0.5, 0.6) is 0 Å². The normalized spacial score (nSPS) is 13.8. The van der Waals surface area contributed by atoms with E-state index in [0.717, 1.165) is 0 Å². The molecule has 0 saturated heterocycles. The van der Waals surface area contributed by atoms with Crippen LogP contribution >= 0.6 is 0 Å². The first-order valence-corrected chi connectivity index (χ1v) is 6.64. The van der Waals surface area contributed by atoms with Gasteiger partial charge in [-0.1, -0.05) is 0 Å². The lowest BCUT2D eigenvalue weighted by atomic mass is 10.4. The average molecular weight is 257 g/mol. The molecule has 1 aromatic heterocycles. The van der Waals surface area contributed by atoms with Crippen molar-refractivity contribution in [3.63, 3.8) is 0 Å². The smallest absolute Gasteiger partial charge is 0.376 e. The van der Waals surface area contributed by atoms with Gasteiger partial charge in [0.2, 0.25) is 5.82 Å². The summed E-state index contributed by atoms with van der Waals surface area (Å²) in [7, 11) is 0.375. The predicted octanol–water partition coefficient (Wildman–Crippen LogP) is 0.442. The fraction of sp³-hybridized carbons (Fsp3) is 0.500. The van der Waals surface area contributed by atoms with Gasteiger partial charge in [-0.15, -0.1) is 0 Å². The molecule has 2 unspecified atom stereocenters. The van der Waals surface area contributed by atoms with Crippen molar-refractivity contribution in [2.45, 2.75) is 12.2 Å². The molecule has 6 nitrogen and oxygen atoms in total. The van der Waals surface area contributed by atoms with Crippen molar-refractivity contribution in [1.29, 1.82) is 0 Å². The number of carbonyl (C=O) groups excluding carboxylic acids is 1. The van der Waals surface area contributed by atoms with Gasteiger partial charge in [0.1, 0.15) is 5.82 Å². The van der Waals surface area contributed by atoms with Crippen molar-refractivity contribution < 1.29 is 13.7 Å². The quantitative estimate of drug-likeness (QED) is 0.771. The number of carbonyl (C=O) groups is 1. The Morgan fingerprint density at radius 3 is 2.94 bits per heavy atom. The van der Waals surface area contributed by atoms with Gasteiger partial charge in [-0.2, -0.15) is 0 Å². The molecule has 1 heterocycles. The van der Waals surface area contributed by atoms with Crippen molar-refractivity contribution in [2.24, 2.45) is 0 Å². The van der Waals surface area contributed by atoms with Crippen molar-refractivity contribution in [3.8, 4) is 0 Å². The standard InChI is InChI=1S/C10H15N3O3S/c1-7(17(3)15)6-12-8-4-5-11-9(13-8)10(14)16-2/h4-5,7H,6H2,1-3H3,(H,11,12,13). The molecule has 0 aliphatic heterocycles. The van der Waals surface area contributed by atoms with Crippen LogP contribution in [0.4, 0.5) is 5.82 Å². The van der Waals surface area contributed by atoms with Crippen LogP contribution in [0, 0.1) is 0 Å². The summed E-state index contributed by atoms with van der Waals surface area (Å²) in [6, 6.07) is 1.64. The lowest BCUT2D eigenvalue weighted by molar-refractivity contribution is 0.0587. The second kappa shape index (κ2) is 6.29. The van der Waals surface area contributed by atoms with E-state index in [-0.39, 0.29) is 11.1 Å². The van der Waals surface area contributed by atoms with Crippen molar-refractivity contribution in [3.05, 3.63) is 18.1 Å². The number of nitrogens with one attached hydrogen (secondary N) is 1. The molecule has 94 valence electrons. The maximum absolute atomic E-state index is 11.2. The number of ether oxygens (including phenoxy) is 1. The summed E-state index contributed by atoms with van der Waals surface area (Å²) in [6.45, 7) is 2.38. The van der Waals surface area contributed by atoms with Gasteiger partial charge >= 0.3 is 5.97 Å². The van der Waals surface area contributed by atoms with Gasteiger partial charge < -0.3 is 10.1 Å². The zero-order valence-electron chi connectivity index (χ0n) is 9.97. The van der Waals surface area contributed by atoms with E-state index in [9.17, 15) is 9.00 Å². The van der Waals surface area contributed by atoms with Gasteiger partial charge in [0.25, 0.3) is 0 Å². The third kappa shape index (κ3) is 4.10. The first kappa shape index (κ1) is 13.6. The van der Waals surface area contributed by atoms with E-state index in [0.29, 0.717) is 12.4 Å². The first-order chi connectivity index (χ1) is 8.04. The largest absolute Gasteiger partial charge is 0.463 e. The molecular weight excluding hydrogens is 242 g/mol. The molecule has 0 radical (unpaired) electrons. The van der Waals surface area contributed by atoms with E-state index in [1.54, 1.807) is 12.3 Å². The van der Waals surface area contributed by atoms with E-state index >= 15 is 0 Å². The van der Waals surface area contributed by atoms with Gasteiger partial charge in [0.15, 0.2) is 0 Å². The average Bonchev–Trinajstić information content (AvgIpc) is 2.35. The van der Waals surface area contributed by atoms with Crippen LogP contribution in [0.1, 0.15) is 17.5 Å². The molecule has 2 atom stereocenters. The minimum Gasteiger partial charge on any atom is -0.463 e. The first-order valence-electron chi connectivity index (χ1n) is 5.02. The van der Waals surface area contributed by atoms with Gasteiger partial charge in [-0.05, 0) is 13.0 Å².